The van der Waals surface area contributed by atoms with E-state index in [1.165, 1.54) is 5.20 Å². The molecule has 5 heteroatoms. The average molecular weight is 352 g/mol. The van der Waals surface area contributed by atoms with E-state index in [1.807, 2.05) is 0 Å². The molecule has 0 heterocycles. The Bertz CT molecular complexity index is 175. The van der Waals surface area contributed by atoms with E-state index in [0.29, 0.717) is 0 Å². The van der Waals surface area contributed by atoms with Crippen molar-refractivity contribution in [3.8, 4) is 0 Å². The fraction of sp³-hybridized carbons (Fsp3) is 0.333. The van der Waals surface area contributed by atoms with Crippen LogP contribution < -0.4 is 37.2 Å². The van der Waals surface area contributed by atoms with Crippen LogP contribution in [0.1, 0.15) is 6.42 Å². The molecule has 0 saturated heterocycles. The molecule has 1 aliphatic rings. The summed E-state index contributed by atoms with van der Waals surface area (Å²) in [5.41, 5.74) is 0. The molecule has 0 saturated carbocycles. The van der Waals surface area contributed by atoms with Crippen LogP contribution in [0.2, 0.25) is 19.6 Å². The van der Waals surface area contributed by atoms with Gasteiger partial charge in [-0.05, 0) is 0 Å². The van der Waals surface area contributed by atoms with Crippen molar-refractivity contribution in [2.24, 2.45) is 0 Å². The van der Waals surface area contributed by atoms with E-state index in [4.69, 9.17) is 0 Å². The number of hydrogen-bond donors (Lipinski definition) is 0. The Hall–Kier alpha value is 1.28. The van der Waals surface area contributed by atoms with E-state index in [1.54, 1.807) is 0 Å². The van der Waals surface area contributed by atoms with Crippen molar-refractivity contribution >= 4 is 8.07 Å². The summed E-state index contributed by atoms with van der Waals surface area (Å²) in [5.74, 6) is 0. The predicted molar refractivity (Wildman–Crippen MR) is 69.5 cm³/mol. The molecular weight excluding hydrogens is 326 g/mol. The van der Waals surface area contributed by atoms with Crippen LogP contribution in [0.15, 0.2) is 17.3 Å². The first-order valence-electron chi connectivity index (χ1n) is 3.38. The molecular formula is C12H25Cl3SiTi-5. The number of allylic oxidation sites excluding steroid dienone is 4. The SMILES string of the molecule is C[Si](C)(C)C1=[C-]CC=C1.[CH3-].[CH3-].[CH3-].[CH3-].[Cl-].[Cl-].[Cl-].[Ti+3]. The smallest absolute Gasteiger partial charge is 1.00 e. The quantitative estimate of drug-likeness (QED) is 0.329. The summed E-state index contributed by atoms with van der Waals surface area (Å²) >= 11 is 0. The minimum absolute atomic E-state index is 0. The zero-order valence-electron chi connectivity index (χ0n) is 12.0. The van der Waals surface area contributed by atoms with E-state index >= 15 is 0 Å². The number of rotatable bonds is 1. The van der Waals surface area contributed by atoms with E-state index in [2.05, 4.69) is 37.9 Å². The van der Waals surface area contributed by atoms with Gasteiger partial charge in [0.1, 0.15) is 0 Å². The van der Waals surface area contributed by atoms with E-state index in [-0.39, 0.29) is 88.6 Å². The van der Waals surface area contributed by atoms with Crippen molar-refractivity contribution in [2.75, 3.05) is 0 Å². The molecule has 17 heavy (non-hydrogen) atoms. The molecule has 0 atom stereocenters. The molecule has 0 amide bonds. The van der Waals surface area contributed by atoms with Crippen molar-refractivity contribution in [3.63, 3.8) is 0 Å². The minimum Gasteiger partial charge on any atom is -1.00 e. The first-order chi connectivity index (χ1) is 4.11. The maximum absolute atomic E-state index is 3.36. The van der Waals surface area contributed by atoms with Gasteiger partial charge >= 0.3 is 21.7 Å². The standard InChI is InChI=1S/C8H13Si.4CH3.3ClH.Ti/c1-9(2,3)8-6-4-5-7-8;;;;;;;;/h4,6H,5H2,1-3H3;4*1H3;3*1H;/q5*-1;;;;+3/p-3. The molecule has 0 nitrogen and oxygen atoms in total. The van der Waals surface area contributed by atoms with Crippen molar-refractivity contribution in [1.29, 1.82) is 0 Å². The monoisotopic (exact) mass is 350 g/mol. The Labute approximate surface area is 145 Å². The second-order valence-corrected chi connectivity index (χ2v) is 8.49. The summed E-state index contributed by atoms with van der Waals surface area (Å²) in [6, 6.07) is 0. The first-order valence-corrected chi connectivity index (χ1v) is 6.88. The van der Waals surface area contributed by atoms with Crippen molar-refractivity contribution in [2.45, 2.75) is 26.1 Å². The summed E-state index contributed by atoms with van der Waals surface area (Å²) in [6.45, 7) is 7.06. The average Bonchev–Trinajstić information content (AvgIpc) is 2.08. The molecule has 1 aliphatic carbocycles. The molecule has 0 fully saturated rings. The molecule has 1 radical (unpaired) electrons. The second kappa shape index (κ2) is 22.5. The van der Waals surface area contributed by atoms with E-state index in [0.717, 1.165) is 6.42 Å². The van der Waals surface area contributed by atoms with Crippen molar-refractivity contribution in [1.82, 2.24) is 0 Å². The van der Waals surface area contributed by atoms with E-state index < -0.39 is 8.07 Å². The Morgan fingerprint density at radius 1 is 0.941 bits per heavy atom. The second-order valence-electron chi connectivity index (χ2n) is 3.45. The molecule has 0 unspecified atom stereocenters. The van der Waals surface area contributed by atoms with Gasteiger partial charge in [0, 0.05) is 8.07 Å². The zero-order chi connectivity index (χ0) is 6.91. The molecule has 107 valence electrons. The van der Waals surface area contributed by atoms with Crippen LogP contribution >= 0.6 is 0 Å². The Kier molecular flexibility index (Phi) is 68.2. The van der Waals surface area contributed by atoms with Gasteiger partial charge in [-0.1, -0.05) is 19.6 Å². The van der Waals surface area contributed by atoms with Crippen molar-refractivity contribution in [3.05, 3.63) is 53.1 Å². The van der Waals surface area contributed by atoms with Gasteiger partial charge < -0.3 is 66.9 Å². The fourth-order valence-electron chi connectivity index (χ4n) is 0.920. The maximum atomic E-state index is 3.36. The van der Waals surface area contributed by atoms with Crippen LogP contribution in [-0.2, 0) is 21.7 Å². The third kappa shape index (κ3) is 19.8. The fourth-order valence-corrected chi connectivity index (χ4v) is 2.17. The van der Waals surface area contributed by atoms with Crippen LogP contribution in [0.4, 0.5) is 0 Å². The molecule has 0 bridgehead atoms. The van der Waals surface area contributed by atoms with Crippen LogP contribution in [0.25, 0.3) is 0 Å². The van der Waals surface area contributed by atoms with Gasteiger partial charge in [-0.15, -0.1) is 6.42 Å². The first kappa shape index (κ1) is 51.6. The van der Waals surface area contributed by atoms with Crippen LogP contribution in [-0.4, -0.2) is 8.07 Å². The van der Waals surface area contributed by atoms with Gasteiger partial charge in [-0.2, -0.15) is 6.08 Å². The molecule has 0 aliphatic heterocycles. The summed E-state index contributed by atoms with van der Waals surface area (Å²) in [7, 11) is -1.01. The van der Waals surface area contributed by atoms with Gasteiger partial charge in [0.25, 0.3) is 0 Å². The van der Waals surface area contributed by atoms with Gasteiger partial charge in [-0.25, -0.2) is 11.3 Å². The van der Waals surface area contributed by atoms with Crippen LogP contribution in [0.3, 0.4) is 0 Å². The van der Waals surface area contributed by atoms with Gasteiger partial charge in [-0.3, -0.25) is 6.08 Å². The van der Waals surface area contributed by atoms with Gasteiger partial charge in [0.2, 0.25) is 0 Å². The molecule has 1 rings (SSSR count). The largest absolute Gasteiger partial charge is 3.00 e. The molecule has 0 N–H and O–H groups in total. The summed E-state index contributed by atoms with van der Waals surface area (Å²) in [4.78, 5) is 0. The van der Waals surface area contributed by atoms with Gasteiger partial charge in [0.15, 0.2) is 0 Å². The maximum Gasteiger partial charge on any atom is 3.00 e. The number of hydrogen-bond acceptors (Lipinski definition) is 0. The predicted octanol–water partition coefficient (Wildman–Crippen LogP) is -4.64. The summed E-state index contributed by atoms with van der Waals surface area (Å²) in [5, 5.41) is 1.49. The summed E-state index contributed by atoms with van der Waals surface area (Å²) in [6.07, 6.45) is 8.82. The van der Waals surface area contributed by atoms with Crippen LogP contribution in [0, 0.1) is 35.8 Å². The van der Waals surface area contributed by atoms with E-state index in [9.17, 15) is 0 Å². The summed E-state index contributed by atoms with van der Waals surface area (Å²) < 4.78 is 0. The Morgan fingerprint density at radius 3 is 1.41 bits per heavy atom. The molecule has 0 aromatic carbocycles. The van der Waals surface area contributed by atoms with Gasteiger partial charge in [0.05, 0.1) is 0 Å². The Morgan fingerprint density at radius 2 is 1.29 bits per heavy atom. The topological polar surface area (TPSA) is 0 Å². The minimum atomic E-state index is -1.01. The van der Waals surface area contributed by atoms with Crippen molar-refractivity contribution < 1.29 is 58.9 Å². The normalized spacial score (nSPS) is 9.71. The molecule has 0 spiro atoms. The molecule has 0 aromatic heterocycles. The number of halogens is 3. The Balaban J connectivity index is -0.0000000169. The molecule has 0 aromatic rings. The zero-order valence-corrected chi connectivity index (χ0v) is 16.8. The third-order valence-corrected chi connectivity index (χ3v) is 3.46. The van der Waals surface area contributed by atoms with Crippen LogP contribution in [0.5, 0.6) is 0 Å². The third-order valence-electron chi connectivity index (χ3n) is 1.50.